The first-order valence-electron chi connectivity index (χ1n) is 7.17. The van der Waals surface area contributed by atoms with E-state index in [1.165, 1.54) is 19.3 Å². The molecule has 1 N–H and O–H groups in total. The Morgan fingerprint density at radius 3 is 2.95 bits per heavy atom. The van der Waals surface area contributed by atoms with E-state index in [4.69, 9.17) is 4.74 Å². The molecule has 3 rings (SSSR count). The SMILES string of the molecule is CCNc1cc(N2CC3CCC2C3)nc(COC)n1. The Morgan fingerprint density at radius 2 is 2.32 bits per heavy atom. The lowest BCUT2D eigenvalue weighted by Gasteiger charge is -2.28. The third-order valence-electron chi connectivity index (χ3n) is 4.09. The van der Waals surface area contributed by atoms with Gasteiger partial charge in [-0.25, -0.2) is 9.97 Å². The maximum atomic E-state index is 5.17. The fourth-order valence-corrected chi connectivity index (χ4v) is 3.30. The zero-order chi connectivity index (χ0) is 13.2. The zero-order valence-electron chi connectivity index (χ0n) is 11.7. The van der Waals surface area contributed by atoms with E-state index in [1.54, 1.807) is 7.11 Å². The Morgan fingerprint density at radius 1 is 1.42 bits per heavy atom. The van der Waals surface area contributed by atoms with Crippen LogP contribution in [0.1, 0.15) is 32.0 Å². The van der Waals surface area contributed by atoms with Crippen molar-refractivity contribution >= 4 is 11.6 Å². The Bertz CT molecular complexity index is 427. The van der Waals surface area contributed by atoms with E-state index in [0.29, 0.717) is 12.6 Å². The third-order valence-corrected chi connectivity index (χ3v) is 4.09. The minimum atomic E-state index is 0.466. The zero-order valence-corrected chi connectivity index (χ0v) is 11.7. The number of hydrogen-bond donors (Lipinski definition) is 1. The minimum absolute atomic E-state index is 0.466. The lowest BCUT2D eigenvalue weighted by molar-refractivity contribution is 0.178. The summed E-state index contributed by atoms with van der Waals surface area (Å²) in [6.45, 7) is 4.57. The monoisotopic (exact) mass is 262 g/mol. The molecule has 1 saturated carbocycles. The van der Waals surface area contributed by atoms with E-state index in [-0.39, 0.29) is 0 Å². The molecule has 2 unspecified atom stereocenters. The van der Waals surface area contributed by atoms with Crippen LogP contribution in [0.3, 0.4) is 0 Å². The second-order valence-electron chi connectivity index (χ2n) is 5.48. The van der Waals surface area contributed by atoms with Gasteiger partial charge in [-0.15, -0.1) is 0 Å². The highest BCUT2D eigenvalue weighted by molar-refractivity contribution is 5.51. The molecule has 5 nitrogen and oxygen atoms in total. The van der Waals surface area contributed by atoms with Crippen LogP contribution in [0.5, 0.6) is 0 Å². The number of fused-ring (bicyclic) bond motifs is 2. The molecule has 0 radical (unpaired) electrons. The van der Waals surface area contributed by atoms with Gasteiger partial charge < -0.3 is 15.0 Å². The summed E-state index contributed by atoms with van der Waals surface area (Å²) in [5.41, 5.74) is 0. The number of ether oxygens (including phenoxy) is 1. The van der Waals surface area contributed by atoms with Crippen molar-refractivity contribution in [3.8, 4) is 0 Å². The summed E-state index contributed by atoms with van der Waals surface area (Å²) >= 11 is 0. The maximum Gasteiger partial charge on any atom is 0.158 e. The number of nitrogens with one attached hydrogen (secondary N) is 1. The van der Waals surface area contributed by atoms with E-state index in [1.807, 2.05) is 0 Å². The van der Waals surface area contributed by atoms with Crippen molar-refractivity contribution in [3.63, 3.8) is 0 Å². The molecule has 1 aromatic rings. The van der Waals surface area contributed by atoms with Gasteiger partial charge in [-0.05, 0) is 32.1 Å². The molecule has 0 amide bonds. The summed E-state index contributed by atoms with van der Waals surface area (Å²) in [6, 6.07) is 2.76. The van der Waals surface area contributed by atoms with E-state index in [0.717, 1.165) is 36.5 Å². The molecule has 104 valence electrons. The summed E-state index contributed by atoms with van der Waals surface area (Å²) < 4.78 is 5.17. The van der Waals surface area contributed by atoms with Crippen molar-refractivity contribution < 1.29 is 4.74 Å². The summed E-state index contributed by atoms with van der Waals surface area (Å²) in [4.78, 5) is 11.6. The van der Waals surface area contributed by atoms with Crippen molar-refractivity contribution in [2.45, 2.75) is 38.8 Å². The van der Waals surface area contributed by atoms with Crippen LogP contribution in [0.15, 0.2) is 6.07 Å². The highest BCUT2D eigenvalue weighted by atomic mass is 16.5. The van der Waals surface area contributed by atoms with Gasteiger partial charge in [0.1, 0.15) is 18.2 Å². The predicted octanol–water partition coefficient (Wildman–Crippen LogP) is 2.04. The molecule has 0 aromatic carbocycles. The molecule has 2 aliphatic rings. The molecule has 19 heavy (non-hydrogen) atoms. The van der Waals surface area contributed by atoms with Gasteiger partial charge in [0.05, 0.1) is 0 Å². The molecule has 5 heteroatoms. The number of hydrogen-bond acceptors (Lipinski definition) is 5. The van der Waals surface area contributed by atoms with Crippen LogP contribution in [0.2, 0.25) is 0 Å². The highest BCUT2D eigenvalue weighted by Crippen LogP contribution is 2.39. The van der Waals surface area contributed by atoms with Gasteiger partial charge in [0.25, 0.3) is 0 Å². The minimum Gasteiger partial charge on any atom is -0.377 e. The van der Waals surface area contributed by atoms with Crippen LogP contribution >= 0.6 is 0 Å². The Balaban J connectivity index is 1.86. The van der Waals surface area contributed by atoms with Crippen LogP contribution in [0.25, 0.3) is 0 Å². The topological polar surface area (TPSA) is 50.3 Å². The third kappa shape index (κ3) is 2.52. The van der Waals surface area contributed by atoms with Crippen molar-refractivity contribution in [2.75, 3.05) is 30.4 Å². The number of methoxy groups -OCH3 is 1. The van der Waals surface area contributed by atoms with Gasteiger partial charge in [-0.1, -0.05) is 0 Å². The maximum absolute atomic E-state index is 5.17. The van der Waals surface area contributed by atoms with E-state index >= 15 is 0 Å². The molecule has 0 spiro atoms. The molecule has 1 aliphatic heterocycles. The fourth-order valence-electron chi connectivity index (χ4n) is 3.30. The number of anilines is 2. The van der Waals surface area contributed by atoms with Gasteiger partial charge in [0.15, 0.2) is 5.82 Å². The van der Waals surface area contributed by atoms with Crippen LogP contribution in [0.4, 0.5) is 11.6 Å². The Labute approximate surface area is 114 Å². The van der Waals surface area contributed by atoms with Crippen LogP contribution in [-0.4, -0.2) is 36.2 Å². The number of nitrogens with zero attached hydrogens (tertiary/aromatic N) is 3. The highest BCUT2D eigenvalue weighted by Gasteiger charge is 2.38. The Kier molecular flexibility index (Phi) is 3.55. The van der Waals surface area contributed by atoms with E-state index < -0.39 is 0 Å². The van der Waals surface area contributed by atoms with Crippen molar-refractivity contribution in [2.24, 2.45) is 5.92 Å². The molecule has 2 bridgehead atoms. The van der Waals surface area contributed by atoms with Crippen LogP contribution in [-0.2, 0) is 11.3 Å². The molecule has 1 saturated heterocycles. The van der Waals surface area contributed by atoms with Gasteiger partial charge in [-0.2, -0.15) is 0 Å². The fraction of sp³-hybridized carbons (Fsp3) is 0.714. The van der Waals surface area contributed by atoms with E-state index in [2.05, 4.69) is 33.2 Å². The molecule has 2 atom stereocenters. The molecule has 1 aliphatic carbocycles. The van der Waals surface area contributed by atoms with Crippen LogP contribution < -0.4 is 10.2 Å². The lowest BCUT2D eigenvalue weighted by Crippen LogP contribution is -2.33. The van der Waals surface area contributed by atoms with Crippen molar-refractivity contribution in [3.05, 3.63) is 11.9 Å². The van der Waals surface area contributed by atoms with Crippen molar-refractivity contribution in [1.82, 2.24) is 9.97 Å². The Hall–Kier alpha value is -1.36. The lowest BCUT2D eigenvalue weighted by atomic mass is 10.1. The van der Waals surface area contributed by atoms with E-state index in [9.17, 15) is 0 Å². The summed E-state index contributed by atoms with van der Waals surface area (Å²) in [5.74, 6) is 3.60. The molecule has 2 heterocycles. The summed E-state index contributed by atoms with van der Waals surface area (Å²) in [6.07, 6.45) is 4.03. The van der Waals surface area contributed by atoms with Crippen molar-refractivity contribution in [1.29, 1.82) is 0 Å². The van der Waals surface area contributed by atoms with Crippen LogP contribution in [0, 0.1) is 5.92 Å². The standard InChI is InChI=1S/C14H22N4O/c1-3-15-12-7-14(17-13(16-12)9-19-2)18-8-10-4-5-11(18)6-10/h7,10-11H,3-6,8-9H2,1-2H3,(H,15,16,17). The molecular formula is C14H22N4O. The first-order valence-corrected chi connectivity index (χ1v) is 7.17. The molecule has 2 fully saturated rings. The van der Waals surface area contributed by atoms with Gasteiger partial charge in [0, 0.05) is 32.3 Å². The average molecular weight is 262 g/mol. The smallest absolute Gasteiger partial charge is 0.158 e. The molecular weight excluding hydrogens is 240 g/mol. The van der Waals surface area contributed by atoms with Gasteiger partial charge in [0.2, 0.25) is 0 Å². The first-order chi connectivity index (χ1) is 9.30. The quantitative estimate of drug-likeness (QED) is 0.880. The van der Waals surface area contributed by atoms with Gasteiger partial charge in [-0.3, -0.25) is 0 Å². The first kappa shape index (κ1) is 12.7. The largest absolute Gasteiger partial charge is 0.377 e. The number of aromatic nitrogens is 2. The summed E-state index contributed by atoms with van der Waals surface area (Å²) in [7, 11) is 1.68. The predicted molar refractivity (Wildman–Crippen MR) is 75.4 cm³/mol. The normalized spacial score (nSPS) is 25.1. The second kappa shape index (κ2) is 5.33. The average Bonchev–Trinajstić information content (AvgIpc) is 3.01. The number of rotatable bonds is 5. The van der Waals surface area contributed by atoms with Gasteiger partial charge >= 0.3 is 0 Å². The number of piperidine rings is 1. The summed E-state index contributed by atoms with van der Waals surface area (Å²) in [5, 5.41) is 3.28. The molecule has 1 aromatic heterocycles. The second-order valence-corrected chi connectivity index (χ2v) is 5.48.